The van der Waals surface area contributed by atoms with E-state index in [1.54, 1.807) is 16.9 Å². The van der Waals surface area contributed by atoms with Gasteiger partial charge in [-0.05, 0) is 27.2 Å². The summed E-state index contributed by atoms with van der Waals surface area (Å²) in [5.74, 6) is 0. The molecule has 0 saturated heterocycles. The number of rotatable bonds is 1. The van der Waals surface area contributed by atoms with Crippen molar-refractivity contribution < 1.29 is 13.9 Å². The molecule has 92 valence electrons. The van der Waals surface area contributed by atoms with Crippen molar-refractivity contribution >= 4 is 17.2 Å². The average Bonchev–Trinajstić information content (AvgIpc) is 2.71. The largest absolute Gasteiger partial charge is 0.463 e. The maximum atomic E-state index is 12.1. The first-order valence-corrected chi connectivity index (χ1v) is 5.73. The van der Waals surface area contributed by atoms with Crippen molar-refractivity contribution in [2.45, 2.75) is 39.7 Å². The standard InChI is InChI=1S/C13H17NO3/c1-5-9-8-11-10(6-7-16-11)14(9)12(15)17-13(2,3)4/h6-8H,5H2,1-4H3. The fraction of sp³-hybridized carbons (Fsp3) is 0.462. The summed E-state index contributed by atoms with van der Waals surface area (Å²) in [5.41, 5.74) is 1.88. The first-order valence-electron chi connectivity index (χ1n) is 5.73. The molecule has 17 heavy (non-hydrogen) atoms. The zero-order valence-corrected chi connectivity index (χ0v) is 10.6. The monoisotopic (exact) mass is 235 g/mol. The van der Waals surface area contributed by atoms with E-state index in [1.165, 1.54) is 0 Å². The minimum atomic E-state index is -0.498. The van der Waals surface area contributed by atoms with Gasteiger partial charge in [0.25, 0.3) is 0 Å². The van der Waals surface area contributed by atoms with E-state index in [4.69, 9.17) is 9.15 Å². The maximum Gasteiger partial charge on any atom is 0.419 e. The lowest BCUT2D eigenvalue weighted by Gasteiger charge is -2.20. The zero-order chi connectivity index (χ0) is 12.6. The highest BCUT2D eigenvalue weighted by atomic mass is 16.6. The SMILES string of the molecule is CCc1cc2occc2n1C(=O)OC(C)(C)C. The molecule has 2 rings (SSSR count). The first kappa shape index (κ1) is 11.8. The van der Waals surface area contributed by atoms with Crippen LogP contribution in [-0.2, 0) is 11.2 Å². The molecule has 0 radical (unpaired) electrons. The number of nitrogens with zero attached hydrogens (tertiary/aromatic N) is 1. The van der Waals surface area contributed by atoms with E-state index < -0.39 is 5.60 Å². The molecule has 4 nitrogen and oxygen atoms in total. The Labute approximate surface area is 100 Å². The number of carbonyl (C=O) groups is 1. The maximum absolute atomic E-state index is 12.1. The van der Waals surface area contributed by atoms with Crippen LogP contribution < -0.4 is 0 Å². The number of hydrogen-bond acceptors (Lipinski definition) is 3. The van der Waals surface area contributed by atoms with Gasteiger partial charge in [-0.3, -0.25) is 0 Å². The van der Waals surface area contributed by atoms with Crippen LogP contribution in [0.25, 0.3) is 11.1 Å². The van der Waals surface area contributed by atoms with Gasteiger partial charge in [0.15, 0.2) is 5.58 Å². The van der Waals surface area contributed by atoms with E-state index in [-0.39, 0.29) is 6.09 Å². The smallest absolute Gasteiger partial charge is 0.419 e. The van der Waals surface area contributed by atoms with Crippen LogP contribution in [0.1, 0.15) is 33.4 Å². The van der Waals surface area contributed by atoms with Gasteiger partial charge in [-0.2, -0.15) is 0 Å². The second kappa shape index (κ2) is 3.95. The summed E-state index contributed by atoms with van der Waals surface area (Å²) < 4.78 is 12.3. The predicted octanol–water partition coefficient (Wildman–Crippen LogP) is 3.58. The lowest BCUT2D eigenvalue weighted by molar-refractivity contribution is 0.0540. The van der Waals surface area contributed by atoms with Crippen LogP contribution in [0.3, 0.4) is 0 Å². The number of aryl methyl sites for hydroxylation is 1. The van der Waals surface area contributed by atoms with Crippen molar-refractivity contribution in [2.24, 2.45) is 0 Å². The van der Waals surface area contributed by atoms with E-state index in [0.29, 0.717) is 5.58 Å². The van der Waals surface area contributed by atoms with Gasteiger partial charge < -0.3 is 9.15 Å². The van der Waals surface area contributed by atoms with E-state index in [0.717, 1.165) is 17.6 Å². The number of ether oxygens (including phenoxy) is 1. The molecule has 0 spiro atoms. The Balaban J connectivity index is 2.45. The molecule has 0 aliphatic carbocycles. The zero-order valence-electron chi connectivity index (χ0n) is 10.6. The van der Waals surface area contributed by atoms with Gasteiger partial charge in [-0.15, -0.1) is 0 Å². The van der Waals surface area contributed by atoms with Crippen LogP contribution >= 0.6 is 0 Å². The summed E-state index contributed by atoms with van der Waals surface area (Å²) in [7, 11) is 0. The van der Waals surface area contributed by atoms with Gasteiger partial charge in [0.05, 0.1) is 11.8 Å². The lowest BCUT2D eigenvalue weighted by atomic mass is 10.2. The molecule has 0 aliphatic rings. The molecule has 4 heteroatoms. The molecule has 0 aliphatic heterocycles. The molecule has 0 saturated carbocycles. The number of aromatic nitrogens is 1. The van der Waals surface area contributed by atoms with Crippen LogP contribution in [0.4, 0.5) is 4.79 Å². The highest BCUT2D eigenvalue weighted by Gasteiger charge is 2.22. The normalized spacial score (nSPS) is 12.0. The number of carbonyl (C=O) groups excluding carboxylic acids is 1. The third-order valence-corrected chi connectivity index (χ3v) is 2.44. The molecular weight excluding hydrogens is 218 g/mol. The van der Waals surface area contributed by atoms with Gasteiger partial charge in [-0.25, -0.2) is 9.36 Å². The quantitative estimate of drug-likeness (QED) is 0.758. The Hall–Kier alpha value is -1.71. The van der Waals surface area contributed by atoms with Crippen LogP contribution in [0.2, 0.25) is 0 Å². The Morgan fingerprint density at radius 3 is 2.76 bits per heavy atom. The Bertz CT molecular complexity index is 542. The van der Waals surface area contributed by atoms with Gasteiger partial charge in [0.2, 0.25) is 0 Å². The Kier molecular flexibility index (Phi) is 2.73. The van der Waals surface area contributed by atoms with Gasteiger partial charge in [0.1, 0.15) is 5.60 Å². The highest BCUT2D eigenvalue weighted by molar-refractivity contribution is 5.88. The Morgan fingerprint density at radius 2 is 2.18 bits per heavy atom. The number of furan rings is 1. The van der Waals surface area contributed by atoms with Crippen molar-refractivity contribution in [1.82, 2.24) is 4.57 Å². The van der Waals surface area contributed by atoms with Crippen molar-refractivity contribution in [3.8, 4) is 0 Å². The van der Waals surface area contributed by atoms with Crippen LogP contribution in [0.5, 0.6) is 0 Å². The predicted molar refractivity (Wildman–Crippen MR) is 65.2 cm³/mol. The molecule has 0 N–H and O–H groups in total. The van der Waals surface area contributed by atoms with E-state index in [2.05, 4.69) is 0 Å². The van der Waals surface area contributed by atoms with Crippen molar-refractivity contribution in [1.29, 1.82) is 0 Å². The van der Waals surface area contributed by atoms with Crippen LogP contribution in [-0.4, -0.2) is 16.3 Å². The summed E-state index contributed by atoms with van der Waals surface area (Å²) in [4.78, 5) is 12.1. The molecule has 0 bridgehead atoms. The molecular formula is C13H17NO3. The number of hydrogen-bond donors (Lipinski definition) is 0. The molecule has 0 aromatic carbocycles. The molecule has 0 atom stereocenters. The molecule has 2 aromatic heterocycles. The average molecular weight is 235 g/mol. The molecule has 2 heterocycles. The second-order valence-electron chi connectivity index (χ2n) is 4.98. The second-order valence-corrected chi connectivity index (χ2v) is 4.98. The van der Waals surface area contributed by atoms with E-state index >= 15 is 0 Å². The van der Waals surface area contributed by atoms with E-state index in [9.17, 15) is 4.79 Å². The highest BCUT2D eigenvalue weighted by Crippen LogP contribution is 2.23. The number of fused-ring (bicyclic) bond motifs is 1. The molecule has 0 amide bonds. The summed E-state index contributed by atoms with van der Waals surface area (Å²) >= 11 is 0. The first-order chi connectivity index (χ1) is 7.92. The Morgan fingerprint density at radius 1 is 1.47 bits per heavy atom. The van der Waals surface area contributed by atoms with Gasteiger partial charge in [0, 0.05) is 17.8 Å². The summed E-state index contributed by atoms with van der Waals surface area (Å²) in [5, 5.41) is 0. The van der Waals surface area contributed by atoms with Crippen molar-refractivity contribution in [3.05, 3.63) is 24.1 Å². The van der Waals surface area contributed by atoms with Crippen molar-refractivity contribution in [3.63, 3.8) is 0 Å². The van der Waals surface area contributed by atoms with Crippen molar-refractivity contribution in [2.75, 3.05) is 0 Å². The van der Waals surface area contributed by atoms with Crippen LogP contribution in [0, 0.1) is 0 Å². The minimum Gasteiger partial charge on any atom is -0.463 e. The topological polar surface area (TPSA) is 44.4 Å². The third-order valence-electron chi connectivity index (χ3n) is 2.44. The molecule has 0 fully saturated rings. The fourth-order valence-electron chi connectivity index (χ4n) is 1.76. The summed E-state index contributed by atoms with van der Waals surface area (Å²) in [6, 6.07) is 3.65. The third kappa shape index (κ3) is 2.20. The fourth-order valence-corrected chi connectivity index (χ4v) is 1.76. The molecule has 0 unspecified atom stereocenters. The minimum absolute atomic E-state index is 0.356. The van der Waals surface area contributed by atoms with Gasteiger partial charge in [-0.1, -0.05) is 6.92 Å². The van der Waals surface area contributed by atoms with Crippen LogP contribution in [0.15, 0.2) is 22.8 Å². The van der Waals surface area contributed by atoms with E-state index in [1.807, 2.05) is 33.8 Å². The summed E-state index contributed by atoms with van der Waals surface area (Å²) in [6.07, 6.45) is 1.97. The molecule has 2 aromatic rings. The summed E-state index contributed by atoms with van der Waals surface area (Å²) in [6.45, 7) is 7.56. The lowest BCUT2D eigenvalue weighted by Crippen LogP contribution is -2.27. The van der Waals surface area contributed by atoms with Gasteiger partial charge >= 0.3 is 6.09 Å².